The summed E-state index contributed by atoms with van der Waals surface area (Å²) >= 11 is 3.38. The SMILES string of the molecule is CC(CN)(NC(=O)c1ccc(COc2ccc(Br)cc2)o1)C1CC1. The highest BCUT2D eigenvalue weighted by Gasteiger charge is 2.42. The van der Waals surface area contributed by atoms with E-state index in [0.29, 0.717) is 18.2 Å². The normalized spacial score (nSPS) is 16.5. The van der Waals surface area contributed by atoms with Gasteiger partial charge in [0.2, 0.25) is 0 Å². The van der Waals surface area contributed by atoms with Crippen LogP contribution in [0.5, 0.6) is 5.75 Å². The highest BCUT2D eigenvalue weighted by molar-refractivity contribution is 9.10. The van der Waals surface area contributed by atoms with Crippen molar-refractivity contribution < 1.29 is 13.9 Å². The van der Waals surface area contributed by atoms with Gasteiger partial charge in [0.05, 0.1) is 5.54 Å². The number of hydrogen-bond donors (Lipinski definition) is 2. The molecule has 3 N–H and O–H groups in total. The Labute approximate surface area is 149 Å². The van der Waals surface area contributed by atoms with Crippen LogP contribution >= 0.6 is 15.9 Å². The van der Waals surface area contributed by atoms with Crippen LogP contribution in [0.3, 0.4) is 0 Å². The van der Waals surface area contributed by atoms with Gasteiger partial charge in [0.25, 0.3) is 5.91 Å². The molecule has 1 heterocycles. The lowest BCUT2D eigenvalue weighted by molar-refractivity contribution is 0.0865. The monoisotopic (exact) mass is 392 g/mol. The predicted molar refractivity (Wildman–Crippen MR) is 94.8 cm³/mol. The first kappa shape index (κ1) is 17.0. The first-order chi connectivity index (χ1) is 11.5. The van der Waals surface area contributed by atoms with Gasteiger partial charge in [-0.25, -0.2) is 0 Å². The molecule has 24 heavy (non-hydrogen) atoms. The van der Waals surface area contributed by atoms with Crippen LogP contribution in [0.25, 0.3) is 0 Å². The van der Waals surface area contributed by atoms with Gasteiger partial charge in [0, 0.05) is 11.0 Å². The molecule has 0 saturated heterocycles. The highest BCUT2D eigenvalue weighted by atomic mass is 79.9. The fourth-order valence-electron chi connectivity index (χ4n) is 2.62. The minimum absolute atomic E-state index is 0.232. The second-order valence-corrected chi connectivity index (χ2v) is 7.27. The van der Waals surface area contributed by atoms with Crippen molar-refractivity contribution in [1.82, 2.24) is 5.32 Å². The molecule has 1 saturated carbocycles. The first-order valence-corrected chi connectivity index (χ1v) is 8.79. The van der Waals surface area contributed by atoms with Crippen LogP contribution in [0.15, 0.2) is 45.3 Å². The number of nitrogens with one attached hydrogen (secondary N) is 1. The second-order valence-electron chi connectivity index (χ2n) is 6.36. The molecule has 1 aromatic carbocycles. The summed E-state index contributed by atoms with van der Waals surface area (Å²) in [6.07, 6.45) is 2.22. The zero-order valence-electron chi connectivity index (χ0n) is 13.5. The molecule has 128 valence electrons. The average molecular weight is 393 g/mol. The zero-order chi connectivity index (χ0) is 17.2. The first-order valence-electron chi connectivity index (χ1n) is 8.00. The van der Waals surface area contributed by atoms with Gasteiger partial charge < -0.3 is 20.2 Å². The molecule has 1 unspecified atom stereocenters. The molecule has 1 aliphatic rings. The molecule has 0 aliphatic heterocycles. The van der Waals surface area contributed by atoms with Crippen molar-refractivity contribution in [2.24, 2.45) is 11.7 Å². The molecule has 6 heteroatoms. The Bertz CT molecular complexity index is 709. The van der Waals surface area contributed by atoms with Crippen LogP contribution in [-0.4, -0.2) is 18.0 Å². The van der Waals surface area contributed by atoms with Gasteiger partial charge in [0.15, 0.2) is 5.76 Å². The van der Waals surface area contributed by atoms with Crippen molar-refractivity contribution in [3.8, 4) is 5.75 Å². The Morgan fingerprint density at radius 1 is 1.33 bits per heavy atom. The Balaban J connectivity index is 1.58. The van der Waals surface area contributed by atoms with Crippen LogP contribution in [0.2, 0.25) is 0 Å². The maximum Gasteiger partial charge on any atom is 0.287 e. The Morgan fingerprint density at radius 3 is 2.67 bits per heavy atom. The van der Waals surface area contributed by atoms with Gasteiger partial charge >= 0.3 is 0 Å². The number of amides is 1. The molecular formula is C18H21BrN2O3. The molecule has 2 aromatic rings. The van der Waals surface area contributed by atoms with Crippen LogP contribution in [0.1, 0.15) is 36.1 Å². The number of benzene rings is 1. The number of nitrogens with two attached hydrogens (primary N) is 1. The van der Waals surface area contributed by atoms with Gasteiger partial charge in [-0.15, -0.1) is 0 Å². The lowest BCUT2D eigenvalue weighted by Crippen LogP contribution is -2.53. The number of carbonyl (C=O) groups is 1. The van der Waals surface area contributed by atoms with Crippen molar-refractivity contribution in [3.63, 3.8) is 0 Å². The lowest BCUT2D eigenvalue weighted by Gasteiger charge is -2.28. The lowest BCUT2D eigenvalue weighted by atomic mass is 9.96. The van der Waals surface area contributed by atoms with Crippen molar-refractivity contribution in [2.45, 2.75) is 31.9 Å². The fraction of sp³-hybridized carbons (Fsp3) is 0.389. The largest absolute Gasteiger partial charge is 0.486 e. The molecule has 5 nitrogen and oxygen atoms in total. The predicted octanol–water partition coefficient (Wildman–Crippen LogP) is 3.48. The van der Waals surface area contributed by atoms with E-state index in [2.05, 4.69) is 21.2 Å². The molecule has 0 spiro atoms. The second kappa shape index (κ2) is 6.99. The Kier molecular flexibility index (Phi) is 4.96. The van der Waals surface area contributed by atoms with E-state index in [9.17, 15) is 4.79 Å². The smallest absolute Gasteiger partial charge is 0.287 e. The fourth-order valence-corrected chi connectivity index (χ4v) is 2.89. The summed E-state index contributed by atoms with van der Waals surface area (Å²) in [6, 6.07) is 11.0. The van der Waals surface area contributed by atoms with E-state index in [1.54, 1.807) is 12.1 Å². The van der Waals surface area contributed by atoms with Crippen molar-refractivity contribution in [3.05, 3.63) is 52.4 Å². The van der Waals surface area contributed by atoms with Gasteiger partial charge in [-0.1, -0.05) is 15.9 Å². The third kappa shape index (κ3) is 3.99. The van der Waals surface area contributed by atoms with Crippen LogP contribution in [0, 0.1) is 5.92 Å². The van der Waals surface area contributed by atoms with E-state index in [0.717, 1.165) is 23.1 Å². The molecule has 0 bridgehead atoms. The van der Waals surface area contributed by atoms with Gasteiger partial charge in [-0.2, -0.15) is 0 Å². The molecule has 1 fully saturated rings. The van der Waals surface area contributed by atoms with Crippen molar-refractivity contribution >= 4 is 21.8 Å². The van der Waals surface area contributed by atoms with Crippen LogP contribution in [-0.2, 0) is 6.61 Å². The molecule has 1 amide bonds. The van der Waals surface area contributed by atoms with Crippen molar-refractivity contribution in [1.29, 1.82) is 0 Å². The van der Waals surface area contributed by atoms with E-state index in [1.165, 1.54) is 0 Å². The molecule has 1 atom stereocenters. The van der Waals surface area contributed by atoms with Crippen LogP contribution in [0.4, 0.5) is 0 Å². The quantitative estimate of drug-likeness (QED) is 0.755. The third-order valence-electron chi connectivity index (χ3n) is 4.38. The molecule has 0 radical (unpaired) electrons. The average Bonchev–Trinajstić information content (AvgIpc) is 3.33. The van der Waals surface area contributed by atoms with E-state index in [1.807, 2.05) is 31.2 Å². The summed E-state index contributed by atoms with van der Waals surface area (Å²) in [6.45, 7) is 2.68. The zero-order valence-corrected chi connectivity index (χ0v) is 15.1. The standard InChI is InChI=1S/C18H21BrN2O3/c1-18(11-20,12-2-3-12)21-17(22)16-9-8-15(24-16)10-23-14-6-4-13(19)5-7-14/h4-9,12H,2-3,10-11,20H2,1H3,(H,21,22). The number of halogens is 1. The summed E-state index contributed by atoms with van der Waals surface area (Å²) in [4.78, 5) is 12.4. The number of hydrogen-bond acceptors (Lipinski definition) is 4. The summed E-state index contributed by atoms with van der Waals surface area (Å²) in [5, 5.41) is 3.01. The third-order valence-corrected chi connectivity index (χ3v) is 4.91. The van der Waals surface area contributed by atoms with Crippen LogP contribution < -0.4 is 15.8 Å². The topological polar surface area (TPSA) is 77.5 Å². The van der Waals surface area contributed by atoms with E-state index in [-0.39, 0.29) is 23.8 Å². The van der Waals surface area contributed by atoms with Gasteiger partial charge in [0.1, 0.15) is 18.1 Å². The number of furan rings is 1. The van der Waals surface area contributed by atoms with Gasteiger partial charge in [-0.05, 0) is 62.1 Å². The molecule has 3 rings (SSSR count). The van der Waals surface area contributed by atoms with E-state index < -0.39 is 0 Å². The molecule has 1 aliphatic carbocycles. The Hall–Kier alpha value is -1.79. The summed E-state index contributed by atoms with van der Waals surface area (Å²) < 4.78 is 12.2. The Morgan fingerprint density at radius 2 is 2.04 bits per heavy atom. The van der Waals surface area contributed by atoms with E-state index in [4.69, 9.17) is 14.9 Å². The molecular weight excluding hydrogens is 372 g/mol. The summed E-state index contributed by atoms with van der Waals surface area (Å²) in [5.41, 5.74) is 5.47. The number of rotatable bonds is 7. The maximum absolute atomic E-state index is 12.4. The number of carbonyl (C=O) groups excluding carboxylic acids is 1. The van der Waals surface area contributed by atoms with E-state index >= 15 is 0 Å². The highest BCUT2D eigenvalue weighted by Crippen LogP contribution is 2.39. The minimum atomic E-state index is -0.363. The van der Waals surface area contributed by atoms with Gasteiger partial charge in [-0.3, -0.25) is 4.79 Å². The maximum atomic E-state index is 12.4. The molecule has 1 aromatic heterocycles. The minimum Gasteiger partial charge on any atom is -0.486 e. The van der Waals surface area contributed by atoms with Crippen molar-refractivity contribution in [2.75, 3.05) is 6.54 Å². The summed E-state index contributed by atoms with van der Waals surface area (Å²) in [5.74, 6) is 1.85. The number of ether oxygens (including phenoxy) is 1. The summed E-state index contributed by atoms with van der Waals surface area (Å²) in [7, 11) is 0.